The number of ether oxygens (including phenoxy) is 1. The monoisotopic (exact) mass is 502 g/mol. The van der Waals surface area contributed by atoms with E-state index in [-0.39, 0.29) is 5.91 Å². The van der Waals surface area contributed by atoms with Crippen molar-refractivity contribution in [1.82, 2.24) is 4.90 Å². The first kappa shape index (κ1) is 25.3. The predicted octanol–water partition coefficient (Wildman–Crippen LogP) is 7.19. The molecular weight excluding hydrogens is 467 g/mol. The van der Waals surface area contributed by atoms with Crippen molar-refractivity contribution in [2.75, 3.05) is 31.6 Å². The number of carbonyl (C=O) groups is 1. The zero-order valence-corrected chi connectivity index (χ0v) is 21.8. The van der Waals surface area contributed by atoms with Crippen molar-refractivity contribution in [2.24, 2.45) is 11.8 Å². The molecule has 1 aliphatic heterocycles. The Balaban J connectivity index is 1.37. The number of rotatable bonds is 7. The fraction of sp³-hybridized carbons (Fsp3) is 0.536. The fourth-order valence-electron chi connectivity index (χ4n) is 5.80. The van der Waals surface area contributed by atoms with E-state index in [9.17, 15) is 4.79 Å². The van der Waals surface area contributed by atoms with Gasteiger partial charge in [0.15, 0.2) is 0 Å². The first-order chi connectivity index (χ1) is 16.4. The van der Waals surface area contributed by atoms with E-state index >= 15 is 0 Å². The van der Waals surface area contributed by atoms with E-state index in [2.05, 4.69) is 24.1 Å². The van der Waals surface area contributed by atoms with Gasteiger partial charge in [-0.2, -0.15) is 0 Å². The molecule has 0 radical (unpaired) electrons. The van der Waals surface area contributed by atoms with Crippen LogP contribution < -0.4 is 10.1 Å². The molecule has 0 bridgehead atoms. The summed E-state index contributed by atoms with van der Waals surface area (Å²) in [6.45, 7) is 8.57. The van der Waals surface area contributed by atoms with Gasteiger partial charge in [-0.15, -0.1) is 0 Å². The van der Waals surface area contributed by atoms with Crippen LogP contribution in [0.3, 0.4) is 0 Å². The normalized spacial score (nSPS) is 22.8. The van der Waals surface area contributed by atoms with Gasteiger partial charge >= 0.3 is 0 Å². The first-order valence-corrected chi connectivity index (χ1v) is 13.3. The molecule has 1 amide bonds. The van der Waals surface area contributed by atoms with Crippen molar-refractivity contribution in [1.29, 1.82) is 0 Å². The SMILES string of the molecule is CC1CC(C)CN(CCOc2ccc(NC(=O)C3(c4ccc(Cl)cc4Cl)CCCCC3)cc2)C1. The van der Waals surface area contributed by atoms with E-state index in [1.165, 1.54) is 6.42 Å². The number of piperidine rings is 1. The standard InChI is InChI=1S/C28H36Cl2N2O2/c1-20-16-21(2)19-32(18-20)14-15-34-24-9-7-23(8-10-24)31-27(33)28(12-4-3-5-13-28)25-11-6-22(29)17-26(25)30/h6-11,17,20-21H,3-5,12-16,18-19H2,1-2H3,(H,31,33). The molecule has 2 fully saturated rings. The second kappa shape index (κ2) is 11.3. The molecule has 4 rings (SSSR count). The van der Waals surface area contributed by atoms with E-state index in [0.29, 0.717) is 16.7 Å². The van der Waals surface area contributed by atoms with Gasteiger partial charge in [0.25, 0.3) is 0 Å². The van der Waals surface area contributed by atoms with Crippen LogP contribution in [-0.2, 0) is 10.2 Å². The number of halogens is 2. The van der Waals surface area contributed by atoms with E-state index in [0.717, 1.165) is 80.6 Å². The topological polar surface area (TPSA) is 41.6 Å². The number of hydrogen-bond donors (Lipinski definition) is 1. The second-order valence-electron chi connectivity index (χ2n) is 10.3. The van der Waals surface area contributed by atoms with Gasteiger partial charge in [0.05, 0.1) is 5.41 Å². The van der Waals surface area contributed by atoms with Gasteiger partial charge in [0.2, 0.25) is 5.91 Å². The van der Waals surface area contributed by atoms with Gasteiger partial charge in [-0.3, -0.25) is 9.69 Å². The molecule has 2 aromatic carbocycles. The van der Waals surface area contributed by atoms with Crippen molar-refractivity contribution in [3.05, 3.63) is 58.1 Å². The van der Waals surface area contributed by atoms with Crippen LogP contribution >= 0.6 is 23.2 Å². The molecule has 2 aromatic rings. The number of hydrogen-bond acceptors (Lipinski definition) is 3. The maximum atomic E-state index is 13.6. The highest BCUT2D eigenvalue weighted by molar-refractivity contribution is 6.35. The molecule has 0 aromatic heterocycles. The van der Waals surface area contributed by atoms with E-state index < -0.39 is 5.41 Å². The Morgan fingerprint density at radius 3 is 2.35 bits per heavy atom. The minimum atomic E-state index is -0.627. The smallest absolute Gasteiger partial charge is 0.235 e. The van der Waals surface area contributed by atoms with Crippen LogP contribution in [0.2, 0.25) is 10.0 Å². The summed E-state index contributed by atoms with van der Waals surface area (Å²) in [4.78, 5) is 16.1. The number of benzene rings is 2. The first-order valence-electron chi connectivity index (χ1n) is 12.6. The number of anilines is 1. The van der Waals surface area contributed by atoms with Gasteiger partial charge in [-0.25, -0.2) is 0 Å². The number of nitrogens with zero attached hydrogens (tertiary/aromatic N) is 1. The van der Waals surface area contributed by atoms with Crippen molar-refractivity contribution < 1.29 is 9.53 Å². The Labute approximate surface area is 214 Å². The molecule has 1 aliphatic carbocycles. The van der Waals surface area contributed by atoms with Crippen LogP contribution in [0.25, 0.3) is 0 Å². The Kier molecular flexibility index (Phi) is 8.44. The van der Waals surface area contributed by atoms with Crippen molar-refractivity contribution in [3.63, 3.8) is 0 Å². The quantitative estimate of drug-likeness (QED) is 0.435. The summed E-state index contributed by atoms with van der Waals surface area (Å²) < 4.78 is 5.99. The Morgan fingerprint density at radius 1 is 1.03 bits per heavy atom. The molecule has 0 spiro atoms. The van der Waals surface area contributed by atoms with Crippen LogP contribution in [0.15, 0.2) is 42.5 Å². The van der Waals surface area contributed by atoms with Gasteiger partial charge < -0.3 is 10.1 Å². The van der Waals surface area contributed by atoms with Crippen molar-refractivity contribution in [3.8, 4) is 5.75 Å². The lowest BCUT2D eigenvalue weighted by Gasteiger charge is -2.37. The molecule has 1 saturated heterocycles. The summed E-state index contributed by atoms with van der Waals surface area (Å²) in [6.07, 6.45) is 6.04. The largest absolute Gasteiger partial charge is 0.492 e. The van der Waals surface area contributed by atoms with Gasteiger partial charge in [-0.05, 0) is 73.1 Å². The minimum absolute atomic E-state index is 0.00145. The van der Waals surface area contributed by atoms with Gasteiger partial charge in [0.1, 0.15) is 12.4 Å². The van der Waals surface area contributed by atoms with Crippen molar-refractivity contribution in [2.45, 2.75) is 57.8 Å². The molecule has 2 unspecified atom stereocenters. The molecule has 184 valence electrons. The zero-order chi connectivity index (χ0) is 24.1. The summed E-state index contributed by atoms with van der Waals surface area (Å²) in [5, 5.41) is 4.29. The highest BCUT2D eigenvalue weighted by atomic mass is 35.5. The van der Waals surface area contributed by atoms with Crippen LogP contribution in [0.4, 0.5) is 5.69 Å². The van der Waals surface area contributed by atoms with Crippen LogP contribution in [0.5, 0.6) is 5.75 Å². The maximum Gasteiger partial charge on any atom is 0.235 e. The Hall–Kier alpha value is -1.75. The third kappa shape index (κ3) is 6.08. The van der Waals surface area contributed by atoms with Gasteiger partial charge in [-0.1, -0.05) is 62.4 Å². The van der Waals surface area contributed by atoms with E-state index in [4.69, 9.17) is 27.9 Å². The molecule has 2 atom stereocenters. The summed E-state index contributed by atoms with van der Waals surface area (Å²) in [7, 11) is 0. The maximum absolute atomic E-state index is 13.6. The van der Waals surface area contributed by atoms with Crippen LogP contribution in [-0.4, -0.2) is 37.0 Å². The number of amides is 1. The van der Waals surface area contributed by atoms with Crippen LogP contribution in [0, 0.1) is 11.8 Å². The predicted molar refractivity (Wildman–Crippen MR) is 141 cm³/mol. The van der Waals surface area contributed by atoms with Crippen LogP contribution in [0.1, 0.15) is 57.9 Å². The average molecular weight is 504 g/mol. The molecule has 2 aliphatic rings. The molecular formula is C28H36Cl2N2O2. The molecule has 1 saturated carbocycles. The molecule has 34 heavy (non-hydrogen) atoms. The second-order valence-corrected chi connectivity index (χ2v) is 11.1. The average Bonchev–Trinajstić information content (AvgIpc) is 2.80. The Bertz CT molecular complexity index is 963. The lowest BCUT2D eigenvalue weighted by Crippen LogP contribution is -2.42. The van der Waals surface area contributed by atoms with E-state index in [1.807, 2.05) is 36.4 Å². The van der Waals surface area contributed by atoms with Crippen molar-refractivity contribution >= 4 is 34.8 Å². The number of carbonyl (C=O) groups excluding carboxylic acids is 1. The zero-order valence-electron chi connectivity index (χ0n) is 20.3. The highest BCUT2D eigenvalue weighted by Gasteiger charge is 2.42. The number of likely N-dealkylation sites (tertiary alicyclic amines) is 1. The number of nitrogens with one attached hydrogen (secondary N) is 1. The highest BCUT2D eigenvalue weighted by Crippen LogP contribution is 2.44. The summed E-state index contributed by atoms with van der Waals surface area (Å²) in [5.74, 6) is 2.33. The Morgan fingerprint density at radius 2 is 1.71 bits per heavy atom. The van der Waals surface area contributed by atoms with Gasteiger partial charge in [0, 0.05) is 35.4 Å². The molecule has 6 heteroatoms. The third-order valence-corrected chi connectivity index (χ3v) is 7.87. The summed E-state index contributed by atoms with van der Waals surface area (Å²) in [5.41, 5.74) is 1.01. The molecule has 1 heterocycles. The molecule has 1 N–H and O–H groups in total. The fourth-order valence-corrected chi connectivity index (χ4v) is 6.39. The lowest BCUT2D eigenvalue weighted by atomic mass is 9.68. The minimum Gasteiger partial charge on any atom is -0.492 e. The summed E-state index contributed by atoms with van der Waals surface area (Å²) >= 11 is 12.7. The lowest BCUT2D eigenvalue weighted by molar-refractivity contribution is -0.122. The third-order valence-electron chi connectivity index (χ3n) is 7.32. The summed E-state index contributed by atoms with van der Waals surface area (Å²) in [6, 6.07) is 13.2. The molecule has 4 nitrogen and oxygen atoms in total. The van der Waals surface area contributed by atoms with E-state index in [1.54, 1.807) is 6.07 Å².